The molecule has 0 aliphatic heterocycles. The Morgan fingerprint density at radius 2 is 1.92 bits per heavy atom. The van der Waals surface area contributed by atoms with E-state index in [2.05, 4.69) is 12.2 Å². The molecule has 2 heterocycles. The Bertz CT molecular complexity index is 971. The molecule has 0 aliphatic rings. The highest BCUT2D eigenvalue weighted by Crippen LogP contribution is 2.23. The highest BCUT2D eigenvalue weighted by molar-refractivity contribution is 7.17. The van der Waals surface area contributed by atoms with Gasteiger partial charge in [0.2, 0.25) is 5.43 Å². The van der Waals surface area contributed by atoms with Crippen LogP contribution < -0.4 is 16.5 Å². The summed E-state index contributed by atoms with van der Waals surface area (Å²) in [5, 5.41) is 4.71. The number of amides is 1. The molecule has 0 aliphatic carbocycles. The van der Waals surface area contributed by atoms with E-state index in [4.69, 9.17) is 5.73 Å². The molecule has 2 aromatic heterocycles. The minimum absolute atomic E-state index is 0.158. The summed E-state index contributed by atoms with van der Waals surface area (Å²) in [7, 11) is 1.83. The van der Waals surface area contributed by atoms with Crippen molar-refractivity contribution in [1.82, 2.24) is 9.88 Å². The minimum Gasteiger partial charge on any atom is -0.349 e. The van der Waals surface area contributed by atoms with E-state index in [0.717, 1.165) is 23.1 Å². The van der Waals surface area contributed by atoms with Crippen LogP contribution in [-0.2, 0) is 26.6 Å². The second-order valence-corrected chi connectivity index (χ2v) is 6.86. The Labute approximate surface area is 150 Å². The van der Waals surface area contributed by atoms with Crippen LogP contribution in [0.25, 0.3) is 10.2 Å². The number of rotatable bonds is 5. The molecule has 1 amide bonds. The molecular weight excluding hydrogens is 334 g/mol. The molecule has 130 valence electrons. The van der Waals surface area contributed by atoms with Crippen molar-refractivity contribution in [1.29, 1.82) is 0 Å². The molecule has 6 heteroatoms. The number of hydrogen-bond donors (Lipinski definition) is 2. The second-order valence-electron chi connectivity index (χ2n) is 5.98. The monoisotopic (exact) mass is 355 g/mol. The van der Waals surface area contributed by atoms with Crippen molar-refractivity contribution in [2.45, 2.75) is 26.4 Å². The van der Waals surface area contributed by atoms with Gasteiger partial charge < -0.3 is 15.6 Å². The van der Waals surface area contributed by atoms with Crippen LogP contribution in [0.4, 0.5) is 0 Å². The van der Waals surface area contributed by atoms with Crippen molar-refractivity contribution in [3.8, 4) is 0 Å². The summed E-state index contributed by atoms with van der Waals surface area (Å²) < 4.78 is 2.38. The van der Waals surface area contributed by atoms with E-state index in [9.17, 15) is 9.59 Å². The molecule has 0 unspecified atom stereocenters. The number of aromatic nitrogens is 1. The van der Waals surface area contributed by atoms with Crippen molar-refractivity contribution >= 4 is 27.5 Å². The third-order valence-corrected chi connectivity index (χ3v) is 5.33. The number of nitrogens with two attached hydrogens (primary N) is 1. The van der Waals surface area contributed by atoms with Gasteiger partial charge in [-0.05, 0) is 22.9 Å². The van der Waals surface area contributed by atoms with Crippen LogP contribution in [0.15, 0.2) is 40.6 Å². The van der Waals surface area contributed by atoms with Crippen LogP contribution >= 0.6 is 11.3 Å². The molecule has 0 spiro atoms. The van der Waals surface area contributed by atoms with Gasteiger partial charge in [-0.2, -0.15) is 0 Å². The Morgan fingerprint density at radius 1 is 1.24 bits per heavy atom. The lowest BCUT2D eigenvalue weighted by molar-refractivity contribution is 0.0949. The van der Waals surface area contributed by atoms with E-state index in [1.165, 1.54) is 16.9 Å². The second kappa shape index (κ2) is 7.21. The normalized spacial score (nSPS) is 11.0. The molecule has 0 atom stereocenters. The van der Waals surface area contributed by atoms with E-state index in [-0.39, 0.29) is 16.9 Å². The number of nitrogens with zero attached hydrogens (tertiary/aromatic N) is 1. The van der Waals surface area contributed by atoms with Crippen LogP contribution in [0.5, 0.6) is 0 Å². The van der Waals surface area contributed by atoms with Gasteiger partial charge in [0.1, 0.15) is 5.56 Å². The van der Waals surface area contributed by atoms with Crippen molar-refractivity contribution in [2.24, 2.45) is 12.8 Å². The number of benzene rings is 1. The molecule has 0 radical (unpaired) electrons. The van der Waals surface area contributed by atoms with Gasteiger partial charge >= 0.3 is 0 Å². The Morgan fingerprint density at radius 3 is 2.56 bits per heavy atom. The van der Waals surface area contributed by atoms with Crippen molar-refractivity contribution in [3.63, 3.8) is 0 Å². The predicted octanol–water partition coefficient (Wildman–Crippen LogP) is 2.55. The quantitative estimate of drug-likeness (QED) is 0.738. The van der Waals surface area contributed by atoms with E-state index in [1.54, 1.807) is 10.8 Å². The molecule has 0 saturated heterocycles. The summed E-state index contributed by atoms with van der Waals surface area (Å²) >= 11 is 1.34. The number of carbonyl (C=O) groups excluding carboxylic acids is 1. The molecule has 3 rings (SSSR count). The number of carbonyl (C=O) groups is 1. The average molecular weight is 355 g/mol. The first kappa shape index (κ1) is 17.4. The topological polar surface area (TPSA) is 77.1 Å². The maximum Gasteiger partial charge on any atom is 0.257 e. The number of thiophene rings is 1. The summed E-state index contributed by atoms with van der Waals surface area (Å²) in [6.45, 7) is 2.86. The molecule has 0 fully saturated rings. The van der Waals surface area contributed by atoms with Crippen molar-refractivity contribution in [2.75, 3.05) is 0 Å². The lowest BCUT2D eigenvalue weighted by Crippen LogP contribution is -2.29. The first-order chi connectivity index (χ1) is 12.0. The fraction of sp³-hybridized carbons (Fsp3) is 0.263. The summed E-state index contributed by atoms with van der Waals surface area (Å²) in [4.78, 5) is 25.1. The molecule has 3 aromatic rings. The molecule has 0 saturated carbocycles. The maximum atomic E-state index is 12.6. The molecule has 1 aromatic carbocycles. The van der Waals surface area contributed by atoms with E-state index >= 15 is 0 Å². The number of hydrogen-bond acceptors (Lipinski definition) is 4. The van der Waals surface area contributed by atoms with Crippen LogP contribution in [0.1, 0.15) is 34.0 Å². The molecule has 0 bridgehead atoms. The first-order valence-electron chi connectivity index (χ1n) is 8.21. The fourth-order valence-electron chi connectivity index (χ4n) is 2.85. The van der Waals surface area contributed by atoms with Gasteiger partial charge in [0.25, 0.3) is 5.91 Å². The molecule has 25 heavy (non-hydrogen) atoms. The van der Waals surface area contributed by atoms with E-state index < -0.39 is 0 Å². The van der Waals surface area contributed by atoms with Gasteiger partial charge in [-0.1, -0.05) is 31.2 Å². The zero-order valence-corrected chi connectivity index (χ0v) is 15.2. The van der Waals surface area contributed by atoms with Crippen LogP contribution in [0.3, 0.4) is 0 Å². The van der Waals surface area contributed by atoms with E-state index in [1.807, 2.05) is 36.7 Å². The van der Waals surface area contributed by atoms with Gasteiger partial charge in [0.15, 0.2) is 0 Å². The minimum atomic E-state index is -0.357. The Balaban J connectivity index is 1.84. The van der Waals surface area contributed by atoms with Gasteiger partial charge in [-0.15, -0.1) is 11.3 Å². The summed E-state index contributed by atoms with van der Waals surface area (Å²) in [6.07, 6.45) is 2.57. The zero-order chi connectivity index (χ0) is 18.0. The predicted molar refractivity (Wildman–Crippen MR) is 102 cm³/mol. The maximum absolute atomic E-state index is 12.6. The highest BCUT2D eigenvalue weighted by Gasteiger charge is 2.17. The Hall–Kier alpha value is -2.44. The summed E-state index contributed by atoms with van der Waals surface area (Å²) in [5.41, 5.74) is 9.63. The largest absolute Gasteiger partial charge is 0.349 e. The Kier molecular flexibility index (Phi) is 5.01. The zero-order valence-electron chi connectivity index (χ0n) is 14.3. The molecular formula is C19H21N3O2S. The van der Waals surface area contributed by atoms with Gasteiger partial charge in [0, 0.05) is 31.9 Å². The standard InChI is InChI=1S/C19H21N3O2S/c1-3-12-4-6-13(7-5-12)9-21-19(24)15-10-22(2)16-14(8-20)11-25-18(16)17(15)23/h4-7,10-11H,3,8-9,20H2,1-2H3,(H,21,24). The fourth-order valence-corrected chi connectivity index (χ4v) is 3.92. The first-order valence-corrected chi connectivity index (χ1v) is 9.09. The highest BCUT2D eigenvalue weighted by atomic mass is 32.1. The third kappa shape index (κ3) is 3.36. The number of pyridine rings is 1. The molecule has 5 nitrogen and oxygen atoms in total. The van der Waals surface area contributed by atoms with Crippen LogP contribution in [-0.4, -0.2) is 10.5 Å². The smallest absolute Gasteiger partial charge is 0.257 e. The summed E-state index contributed by atoms with van der Waals surface area (Å²) in [6, 6.07) is 8.08. The van der Waals surface area contributed by atoms with Crippen LogP contribution in [0.2, 0.25) is 0 Å². The van der Waals surface area contributed by atoms with Gasteiger partial charge in [-0.3, -0.25) is 9.59 Å². The third-order valence-electron chi connectivity index (χ3n) is 4.31. The summed E-state index contributed by atoms with van der Waals surface area (Å²) in [5.74, 6) is -0.357. The van der Waals surface area contributed by atoms with E-state index in [0.29, 0.717) is 17.8 Å². The number of fused-ring (bicyclic) bond motifs is 1. The lowest BCUT2D eigenvalue weighted by Gasteiger charge is -2.09. The number of aryl methyl sites for hydroxylation is 2. The molecule has 3 N–H and O–H groups in total. The lowest BCUT2D eigenvalue weighted by atomic mass is 10.1. The van der Waals surface area contributed by atoms with Crippen molar-refractivity contribution in [3.05, 3.63) is 68.3 Å². The van der Waals surface area contributed by atoms with Gasteiger partial charge in [-0.25, -0.2) is 0 Å². The SMILES string of the molecule is CCc1ccc(CNC(=O)c2cn(C)c3c(CN)csc3c2=O)cc1. The average Bonchev–Trinajstić information content (AvgIpc) is 3.08. The van der Waals surface area contributed by atoms with Crippen LogP contribution in [0, 0.1) is 0 Å². The number of nitrogens with one attached hydrogen (secondary N) is 1. The van der Waals surface area contributed by atoms with Crippen molar-refractivity contribution < 1.29 is 4.79 Å². The van der Waals surface area contributed by atoms with Gasteiger partial charge in [0.05, 0.1) is 10.2 Å².